The molecular weight excluding hydrogens is 291 g/mol. The number of hydrogen-bond donors (Lipinski definition) is 0. The van der Waals surface area contributed by atoms with Crippen LogP contribution in [0.15, 0.2) is 12.3 Å². The molecule has 2 rings (SSSR count). The van der Waals surface area contributed by atoms with Crippen LogP contribution in [0.4, 0.5) is 13.2 Å². The molecule has 1 unspecified atom stereocenters. The minimum atomic E-state index is -4.15. The van der Waals surface area contributed by atoms with Gasteiger partial charge >= 0.3 is 6.18 Å². The maximum absolute atomic E-state index is 12.3. The van der Waals surface area contributed by atoms with Gasteiger partial charge in [-0.3, -0.25) is 0 Å². The number of fused-ring (bicyclic) bond motifs is 1. The summed E-state index contributed by atoms with van der Waals surface area (Å²) in [7, 11) is 0. The molecule has 0 saturated carbocycles. The molecule has 0 aliphatic heterocycles. The number of hydrogen-bond acceptors (Lipinski definition) is 2. The number of aryl methyl sites for hydroxylation is 2. The predicted octanol–water partition coefficient (Wildman–Crippen LogP) is 4.38. The Balaban J connectivity index is 2.34. The summed E-state index contributed by atoms with van der Waals surface area (Å²) in [6.07, 6.45) is -3.36. The first-order valence-corrected chi connectivity index (χ1v) is 6.76. The monoisotopic (exact) mass is 305 g/mol. The number of alkyl halides is 4. The molecule has 0 amide bonds. The van der Waals surface area contributed by atoms with Crippen molar-refractivity contribution >= 4 is 22.8 Å². The Kier molecular flexibility index (Phi) is 4.22. The van der Waals surface area contributed by atoms with E-state index in [9.17, 15) is 13.2 Å². The van der Waals surface area contributed by atoms with Gasteiger partial charge in [-0.05, 0) is 31.9 Å². The van der Waals surface area contributed by atoms with Crippen molar-refractivity contribution in [2.24, 2.45) is 0 Å². The highest BCUT2D eigenvalue weighted by atomic mass is 35.5. The molecule has 0 aromatic carbocycles. The molecule has 1 atom stereocenters. The fraction of sp³-hybridized carbons (Fsp3) is 0.538. The molecule has 0 aliphatic rings. The number of halogens is 4. The Labute approximate surface area is 119 Å². The van der Waals surface area contributed by atoms with E-state index in [0.717, 1.165) is 5.56 Å². The van der Waals surface area contributed by atoms with Gasteiger partial charge in [-0.2, -0.15) is 13.2 Å². The molecule has 3 nitrogen and oxygen atoms in total. The van der Waals surface area contributed by atoms with Gasteiger partial charge in [0.1, 0.15) is 11.3 Å². The Morgan fingerprint density at radius 2 is 2.10 bits per heavy atom. The van der Waals surface area contributed by atoms with Crippen molar-refractivity contribution in [3.05, 3.63) is 23.7 Å². The van der Waals surface area contributed by atoms with Gasteiger partial charge in [0.05, 0.1) is 5.38 Å². The second kappa shape index (κ2) is 5.60. The highest BCUT2D eigenvalue weighted by Gasteiger charge is 2.26. The first kappa shape index (κ1) is 15.1. The van der Waals surface area contributed by atoms with E-state index in [0.29, 0.717) is 17.0 Å². The summed E-state index contributed by atoms with van der Waals surface area (Å²) >= 11 is 6.07. The summed E-state index contributed by atoms with van der Waals surface area (Å²) in [6, 6.07) is 1.82. The number of aromatic nitrogens is 3. The molecule has 2 heterocycles. The summed E-state index contributed by atoms with van der Waals surface area (Å²) in [5, 5.41) is -0.380. The third kappa shape index (κ3) is 3.23. The van der Waals surface area contributed by atoms with Crippen LogP contribution in [0.1, 0.15) is 36.5 Å². The maximum Gasteiger partial charge on any atom is 0.389 e. The average molecular weight is 306 g/mol. The Hall–Kier alpha value is -1.30. The van der Waals surface area contributed by atoms with Crippen LogP contribution in [-0.4, -0.2) is 20.7 Å². The van der Waals surface area contributed by atoms with E-state index in [-0.39, 0.29) is 18.3 Å². The van der Waals surface area contributed by atoms with E-state index in [4.69, 9.17) is 11.6 Å². The maximum atomic E-state index is 12.3. The van der Waals surface area contributed by atoms with Gasteiger partial charge in [-0.1, -0.05) is 0 Å². The van der Waals surface area contributed by atoms with E-state index in [2.05, 4.69) is 9.97 Å². The van der Waals surface area contributed by atoms with Crippen LogP contribution in [0.3, 0.4) is 0 Å². The zero-order valence-electron chi connectivity index (χ0n) is 11.2. The molecule has 20 heavy (non-hydrogen) atoms. The van der Waals surface area contributed by atoms with Crippen molar-refractivity contribution in [1.82, 2.24) is 14.5 Å². The second-order valence-electron chi connectivity index (χ2n) is 4.76. The van der Waals surface area contributed by atoms with Gasteiger partial charge in [0.2, 0.25) is 0 Å². The van der Waals surface area contributed by atoms with Crippen LogP contribution in [0.2, 0.25) is 0 Å². The van der Waals surface area contributed by atoms with Gasteiger partial charge in [-0.25, -0.2) is 9.97 Å². The first-order valence-electron chi connectivity index (χ1n) is 6.32. The minimum absolute atomic E-state index is 0.0127. The largest absolute Gasteiger partial charge is 0.389 e. The first-order chi connectivity index (χ1) is 9.29. The van der Waals surface area contributed by atoms with Crippen molar-refractivity contribution < 1.29 is 13.2 Å². The predicted molar refractivity (Wildman–Crippen MR) is 71.8 cm³/mol. The highest BCUT2D eigenvalue weighted by molar-refractivity contribution is 6.20. The second-order valence-corrected chi connectivity index (χ2v) is 5.41. The Morgan fingerprint density at radius 1 is 1.40 bits per heavy atom. The van der Waals surface area contributed by atoms with Gasteiger partial charge in [0.15, 0.2) is 5.65 Å². The van der Waals surface area contributed by atoms with Crippen LogP contribution in [0.25, 0.3) is 11.2 Å². The summed E-state index contributed by atoms with van der Waals surface area (Å²) in [6.45, 7) is 3.84. The molecule has 0 saturated heterocycles. The third-order valence-corrected chi connectivity index (χ3v) is 3.26. The highest BCUT2D eigenvalue weighted by Crippen LogP contribution is 2.27. The number of pyridine rings is 1. The van der Waals surface area contributed by atoms with E-state index < -0.39 is 12.6 Å². The zero-order chi connectivity index (χ0) is 14.9. The van der Waals surface area contributed by atoms with Crippen molar-refractivity contribution in [2.75, 3.05) is 0 Å². The van der Waals surface area contributed by atoms with Crippen LogP contribution in [-0.2, 0) is 6.54 Å². The Bertz CT molecular complexity index is 605. The summed E-state index contributed by atoms with van der Waals surface area (Å²) < 4.78 is 38.5. The van der Waals surface area contributed by atoms with Crippen LogP contribution in [0.5, 0.6) is 0 Å². The minimum Gasteiger partial charge on any atom is -0.311 e. The van der Waals surface area contributed by atoms with Crippen molar-refractivity contribution in [1.29, 1.82) is 0 Å². The van der Waals surface area contributed by atoms with Crippen LogP contribution < -0.4 is 0 Å². The van der Waals surface area contributed by atoms with E-state index in [1.54, 1.807) is 17.7 Å². The molecule has 7 heteroatoms. The lowest BCUT2D eigenvalue weighted by Crippen LogP contribution is -2.11. The lowest BCUT2D eigenvalue weighted by molar-refractivity contribution is -0.135. The molecule has 0 bridgehead atoms. The molecule has 0 spiro atoms. The Morgan fingerprint density at radius 3 is 2.70 bits per heavy atom. The summed E-state index contributed by atoms with van der Waals surface area (Å²) in [4.78, 5) is 8.63. The molecule has 2 aromatic rings. The lowest BCUT2D eigenvalue weighted by Gasteiger charge is -2.11. The topological polar surface area (TPSA) is 30.7 Å². The standard InChI is InChI=1S/C13H15ClF3N3/c1-8-4-6-18-12-10(8)19-11(9(2)14)20(12)7-3-5-13(15,16)17/h4,6,9H,3,5,7H2,1-2H3. The number of imidazole rings is 1. The van der Waals surface area contributed by atoms with Crippen molar-refractivity contribution in [3.63, 3.8) is 0 Å². The average Bonchev–Trinajstić information content (AvgIpc) is 2.68. The molecular formula is C13H15ClF3N3. The van der Waals surface area contributed by atoms with E-state index in [1.165, 1.54) is 0 Å². The quantitative estimate of drug-likeness (QED) is 0.785. The molecule has 0 aliphatic carbocycles. The summed E-state index contributed by atoms with van der Waals surface area (Å²) in [5.74, 6) is 0.561. The number of nitrogens with zero attached hydrogens (tertiary/aromatic N) is 3. The summed E-state index contributed by atoms with van der Waals surface area (Å²) in [5.41, 5.74) is 2.22. The van der Waals surface area contributed by atoms with Gasteiger partial charge in [-0.15, -0.1) is 11.6 Å². The third-order valence-electron chi connectivity index (χ3n) is 3.06. The van der Waals surface area contributed by atoms with Crippen molar-refractivity contribution in [2.45, 2.75) is 44.8 Å². The van der Waals surface area contributed by atoms with Crippen LogP contribution >= 0.6 is 11.6 Å². The fourth-order valence-electron chi connectivity index (χ4n) is 2.12. The van der Waals surface area contributed by atoms with Gasteiger partial charge in [0, 0.05) is 19.2 Å². The van der Waals surface area contributed by atoms with E-state index >= 15 is 0 Å². The van der Waals surface area contributed by atoms with E-state index in [1.807, 2.05) is 13.0 Å². The molecule has 2 aromatic heterocycles. The molecule has 110 valence electrons. The normalized spacial score (nSPS) is 13.9. The smallest absolute Gasteiger partial charge is 0.311 e. The van der Waals surface area contributed by atoms with Gasteiger partial charge < -0.3 is 4.57 Å². The number of rotatable bonds is 4. The molecule has 0 N–H and O–H groups in total. The SMILES string of the molecule is Cc1ccnc2c1nc(C(C)Cl)n2CCCC(F)(F)F. The van der Waals surface area contributed by atoms with Gasteiger partial charge in [0.25, 0.3) is 0 Å². The molecule has 0 radical (unpaired) electrons. The lowest BCUT2D eigenvalue weighted by atomic mass is 10.2. The van der Waals surface area contributed by atoms with Crippen LogP contribution in [0, 0.1) is 6.92 Å². The molecule has 0 fully saturated rings. The zero-order valence-corrected chi connectivity index (χ0v) is 12.0. The van der Waals surface area contributed by atoms with Crippen molar-refractivity contribution in [3.8, 4) is 0 Å². The fourth-order valence-corrected chi connectivity index (χ4v) is 2.28.